The maximum atomic E-state index is 15.2. The quantitative estimate of drug-likeness (QED) is 0.298. The molecule has 30 heavy (non-hydrogen) atoms. The number of oxime groups is 1. The summed E-state index contributed by atoms with van der Waals surface area (Å²) in [7, 11) is 1.63. The number of imidazole rings is 1. The third-order valence-electron chi connectivity index (χ3n) is 5.00. The lowest BCUT2D eigenvalue weighted by Gasteiger charge is -2.14. The van der Waals surface area contributed by atoms with E-state index in [4.69, 9.17) is 9.94 Å². The zero-order valence-electron chi connectivity index (χ0n) is 16.7. The van der Waals surface area contributed by atoms with Crippen LogP contribution in [0, 0.1) is 11.6 Å². The Bertz CT molecular complexity index is 1260. The van der Waals surface area contributed by atoms with Crippen LogP contribution in [0.4, 0.5) is 8.78 Å². The van der Waals surface area contributed by atoms with Gasteiger partial charge in [0.2, 0.25) is 0 Å². The van der Waals surface area contributed by atoms with Gasteiger partial charge in [0.25, 0.3) is 0 Å². The third-order valence-corrected chi connectivity index (χ3v) is 5.00. The van der Waals surface area contributed by atoms with Gasteiger partial charge < -0.3 is 9.94 Å². The van der Waals surface area contributed by atoms with Gasteiger partial charge in [-0.1, -0.05) is 12.1 Å². The molecule has 1 unspecified atom stereocenters. The molecule has 4 rings (SSSR count). The smallest absolute Gasteiger partial charge is 0.153 e. The molecule has 0 spiro atoms. The first-order chi connectivity index (χ1) is 14.4. The van der Waals surface area contributed by atoms with Crippen LogP contribution in [-0.2, 0) is 11.9 Å². The highest BCUT2D eigenvalue weighted by Crippen LogP contribution is 2.33. The van der Waals surface area contributed by atoms with Crippen molar-refractivity contribution in [2.24, 2.45) is 12.2 Å². The average molecular weight is 414 g/mol. The number of aryl methyl sites for hydroxylation is 1. The molecule has 10 heteroatoms. The van der Waals surface area contributed by atoms with E-state index >= 15 is 4.39 Å². The van der Waals surface area contributed by atoms with E-state index in [1.807, 2.05) is 0 Å². The Balaban J connectivity index is 1.79. The molecule has 3 heterocycles. The molecular weight excluding hydrogens is 394 g/mol. The van der Waals surface area contributed by atoms with Crippen molar-refractivity contribution >= 4 is 22.3 Å². The number of aromatic nitrogens is 5. The van der Waals surface area contributed by atoms with Crippen molar-refractivity contribution in [2.75, 3.05) is 13.2 Å². The minimum atomic E-state index is -0.657. The first-order valence-electron chi connectivity index (χ1n) is 9.34. The summed E-state index contributed by atoms with van der Waals surface area (Å²) in [6, 6.07) is 4.75. The third kappa shape index (κ3) is 3.28. The van der Waals surface area contributed by atoms with Crippen molar-refractivity contribution in [1.82, 2.24) is 24.4 Å². The van der Waals surface area contributed by atoms with E-state index in [-0.39, 0.29) is 24.2 Å². The van der Waals surface area contributed by atoms with Gasteiger partial charge in [-0.3, -0.25) is 4.68 Å². The fourth-order valence-corrected chi connectivity index (χ4v) is 3.39. The Morgan fingerprint density at radius 3 is 2.87 bits per heavy atom. The van der Waals surface area contributed by atoms with Crippen molar-refractivity contribution in [3.8, 4) is 0 Å². The van der Waals surface area contributed by atoms with E-state index in [1.54, 1.807) is 39.2 Å². The highest BCUT2D eigenvalue weighted by molar-refractivity contribution is 5.96. The van der Waals surface area contributed by atoms with Gasteiger partial charge in [0, 0.05) is 24.6 Å². The number of nitrogens with zero attached hydrogens (tertiary/aromatic N) is 6. The minimum absolute atomic E-state index is 0.0684. The van der Waals surface area contributed by atoms with E-state index in [1.165, 1.54) is 21.5 Å². The number of hydrogen-bond donors (Lipinski definition) is 1. The van der Waals surface area contributed by atoms with Crippen LogP contribution < -0.4 is 0 Å². The van der Waals surface area contributed by atoms with Crippen LogP contribution >= 0.6 is 0 Å². The lowest BCUT2D eigenvalue weighted by atomic mass is 9.95. The molecule has 0 amide bonds. The topological polar surface area (TPSA) is 89.8 Å². The predicted octanol–water partition coefficient (Wildman–Crippen LogP) is 2.78. The highest BCUT2D eigenvalue weighted by Gasteiger charge is 2.25. The lowest BCUT2D eigenvalue weighted by Crippen LogP contribution is -2.11. The Kier molecular flexibility index (Phi) is 5.17. The molecule has 1 N–H and O–H groups in total. The number of benzene rings is 1. The molecule has 3 aromatic heterocycles. The summed E-state index contributed by atoms with van der Waals surface area (Å²) < 4.78 is 33.0. The average Bonchev–Trinajstić information content (AvgIpc) is 3.31. The Hall–Kier alpha value is -3.40. The summed E-state index contributed by atoms with van der Waals surface area (Å²) in [4.78, 5) is 9.28. The molecule has 1 aromatic carbocycles. The summed E-state index contributed by atoms with van der Waals surface area (Å²) in [6.07, 6.45) is 2.94. The molecule has 8 nitrogen and oxygen atoms in total. The SMILES string of the molecule is C/C(=N/OCCO)c1ccc2ncc(C(C)c3c(F)cc4c(cnn4C)c3F)n2n1. The Labute approximate surface area is 170 Å². The van der Waals surface area contributed by atoms with Gasteiger partial charge in [0.05, 0.1) is 35.6 Å². The summed E-state index contributed by atoms with van der Waals surface area (Å²) in [5.74, 6) is -1.96. The van der Waals surface area contributed by atoms with E-state index in [2.05, 4.69) is 20.3 Å². The lowest BCUT2D eigenvalue weighted by molar-refractivity contribution is 0.0986. The maximum Gasteiger partial charge on any atom is 0.153 e. The summed E-state index contributed by atoms with van der Waals surface area (Å²) >= 11 is 0. The monoisotopic (exact) mass is 414 g/mol. The van der Waals surface area contributed by atoms with Gasteiger partial charge in [-0.2, -0.15) is 10.2 Å². The second kappa shape index (κ2) is 7.79. The van der Waals surface area contributed by atoms with E-state index in [9.17, 15) is 4.39 Å². The molecule has 0 saturated carbocycles. The van der Waals surface area contributed by atoms with Gasteiger partial charge in [0.15, 0.2) is 5.65 Å². The van der Waals surface area contributed by atoms with Crippen LogP contribution in [0.1, 0.15) is 36.7 Å². The zero-order chi connectivity index (χ0) is 21.4. The summed E-state index contributed by atoms with van der Waals surface area (Å²) in [5, 5.41) is 21.5. The number of hydrogen-bond acceptors (Lipinski definition) is 6. The molecule has 1 atom stereocenters. The standard InChI is InChI=1S/C20H20F2N6O2/c1-11(19-14(21)8-16-13(20(19)22)9-24-27(16)3)17-10-23-18-5-4-15(25-28(17)18)12(2)26-30-7-6-29/h4-5,8-11,29H,6-7H2,1-3H3/b26-12-. The van der Waals surface area contributed by atoms with Crippen molar-refractivity contribution in [2.45, 2.75) is 19.8 Å². The van der Waals surface area contributed by atoms with Crippen molar-refractivity contribution in [3.63, 3.8) is 0 Å². The van der Waals surface area contributed by atoms with Gasteiger partial charge in [-0.25, -0.2) is 18.3 Å². The van der Waals surface area contributed by atoms with E-state index < -0.39 is 17.6 Å². The van der Waals surface area contributed by atoms with Crippen LogP contribution in [0.15, 0.2) is 35.7 Å². The van der Waals surface area contributed by atoms with Gasteiger partial charge in [-0.05, 0) is 19.1 Å². The first-order valence-corrected chi connectivity index (χ1v) is 9.34. The molecule has 0 radical (unpaired) electrons. The number of rotatable bonds is 6. The summed E-state index contributed by atoms with van der Waals surface area (Å²) in [6.45, 7) is 3.33. The number of aliphatic hydroxyl groups excluding tert-OH is 1. The molecule has 0 aliphatic rings. The van der Waals surface area contributed by atoms with Gasteiger partial charge in [0.1, 0.15) is 29.6 Å². The highest BCUT2D eigenvalue weighted by atomic mass is 19.1. The number of aliphatic hydroxyl groups is 1. The van der Waals surface area contributed by atoms with Crippen molar-refractivity contribution in [1.29, 1.82) is 0 Å². The van der Waals surface area contributed by atoms with Gasteiger partial charge in [-0.15, -0.1) is 0 Å². The predicted molar refractivity (Wildman–Crippen MR) is 106 cm³/mol. The molecule has 0 bridgehead atoms. The Morgan fingerprint density at radius 2 is 2.10 bits per heavy atom. The zero-order valence-corrected chi connectivity index (χ0v) is 16.7. The van der Waals surface area contributed by atoms with Gasteiger partial charge >= 0.3 is 0 Å². The molecule has 0 saturated heterocycles. The first kappa shape index (κ1) is 19.9. The maximum absolute atomic E-state index is 15.2. The number of fused-ring (bicyclic) bond motifs is 2. The van der Waals surface area contributed by atoms with Crippen LogP contribution in [0.5, 0.6) is 0 Å². The minimum Gasteiger partial charge on any atom is -0.393 e. The molecule has 4 aromatic rings. The molecular formula is C20H20F2N6O2. The summed E-state index contributed by atoms with van der Waals surface area (Å²) in [5.41, 5.74) is 2.38. The van der Waals surface area contributed by atoms with Crippen LogP contribution in [0.25, 0.3) is 16.6 Å². The van der Waals surface area contributed by atoms with E-state index in [0.717, 1.165) is 0 Å². The normalized spacial score (nSPS) is 13.3. The second-order valence-electron chi connectivity index (χ2n) is 6.91. The molecule has 0 fully saturated rings. The van der Waals surface area contributed by atoms with Crippen molar-refractivity contribution < 1.29 is 18.7 Å². The van der Waals surface area contributed by atoms with Crippen LogP contribution in [-0.4, -0.2) is 48.4 Å². The molecule has 156 valence electrons. The fourth-order valence-electron chi connectivity index (χ4n) is 3.39. The largest absolute Gasteiger partial charge is 0.393 e. The van der Waals surface area contributed by atoms with Crippen LogP contribution in [0.3, 0.4) is 0 Å². The molecule has 0 aliphatic carbocycles. The number of halogens is 2. The fraction of sp³-hybridized carbons (Fsp3) is 0.300. The second-order valence-corrected chi connectivity index (χ2v) is 6.91. The Morgan fingerprint density at radius 1 is 1.30 bits per heavy atom. The van der Waals surface area contributed by atoms with Crippen LogP contribution in [0.2, 0.25) is 0 Å². The van der Waals surface area contributed by atoms with Crippen molar-refractivity contribution in [3.05, 3.63) is 59.2 Å². The molecule has 0 aliphatic heterocycles. The van der Waals surface area contributed by atoms with E-state index in [0.29, 0.717) is 28.3 Å².